The van der Waals surface area contributed by atoms with Crippen molar-refractivity contribution in [2.75, 3.05) is 0 Å². The number of carbonyl (C=O) groups excluding carboxylic acids is 1. The van der Waals surface area contributed by atoms with E-state index >= 15 is 0 Å². The van der Waals surface area contributed by atoms with Gasteiger partial charge in [-0.3, -0.25) is 0 Å². The molecule has 0 fully saturated rings. The lowest BCUT2D eigenvalue weighted by atomic mass is 10.2. The van der Waals surface area contributed by atoms with E-state index in [1.54, 1.807) is 25.1 Å². The predicted octanol–water partition coefficient (Wildman–Crippen LogP) is 4.35. The number of carbonyl (C=O) groups is 1. The Kier molecular flexibility index (Phi) is 4.75. The highest BCUT2D eigenvalue weighted by Crippen LogP contribution is 2.24. The van der Waals surface area contributed by atoms with Crippen LogP contribution in [0.1, 0.15) is 40.7 Å². The summed E-state index contributed by atoms with van der Waals surface area (Å²) in [7, 11) is 0. The van der Waals surface area contributed by atoms with Gasteiger partial charge in [0.2, 0.25) is 5.89 Å². The van der Waals surface area contributed by atoms with Crippen LogP contribution in [0.5, 0.6) is 0 Å². The predicted molar refractivity (Wildman–Crippen MR) is 103 cm³/mol. The summed E-state index contributed by atoms with van der Waals surface area (Å²) >= 11 is 0. The van der Waals surface area contributed by atoms with Gasteiger partial charge >= 0.3 is 5.97 Å². The first-order valence-corrected chi connectivity index (χ1v) is 8.96. The molecule has 0 saturated heterocycles. The molecule has 4 aromatic rings. The summed E-state index contributed by atoms with van der Waals surface area (Å²) in [6.45, 7) is 5.38. The topological polar surface area (TPSA) is 91.0 Å². The largest absolute Gasteiger partial charge is 0.449 e. The number of rotatable bonds is 4. The number of hydrogen-bond acceptors (Lipinski definition) is 7. The fourth-order valence-corrected chi connectivity index (χ4v) is 2.74. The van der Waals surface area contributed by atoms with Crippen LogP contribution in [-0.2, 0) is 4.74 Å². The molecule has 2 aromatic carbocycles. The van der Waals surface area contributed by atoms with Crippen LogP contribution in [0.25, 0.3) is 22.5 Å². The minimum absolute atomic E-state index is 0.143. The van der Waals surface area contributed by atoms with E-state index in [9.17, 15) is 9.18 Å². The molecule has 4 rings (SSSR count). The lowest BCUT2D eigenvalue weighted by molar-refractivity contribution is 0.0280. The summed E-state index contributed by atoms with van der Waals surface area (Å²) in [6, 6.07) is 10.7. The summed E-state index contributed by atoms with van der Waals surface area (Å²) in [5.41, 5.74) is 3.89. The first kappa shape index (κ1) is 18.7. The molecule has 0 saturated carbocycles. The van der Waals surface area contributed by atoms with Crippen LogP contribution in [-0.4, -0.2) is 26.1 Å². The molecule has 2 aromatic heterocycles. The number of nitrogens with zero attached hydrogens (tertiary/aromatic N) is 4. The number of halogens is 1. The molecule has 0 radical (unpaired) electrons. The molecular formula is C21H17FN4O3. The zero-order valence-electron chi connectivity index (χ0n) is 16.0. The van der Waals surface area contributed by atoms with Crippen molar-refractivity contribution in [3.8, 4) is 11.5 Å². The molecule has 0 aliphatic heterocycles. The Balaban J connectivity index is 1.51. The lowest BCUT2D eigenvalue weighted by Gasteiger charge is -2.10. The maximum absolute atomic E-state index is 13.0. The van der Waals surface area contributed by atoms with E-state index in [1.807, 2.05) is 13.8 Å². The summed E-state index contributed by atoms with van der Waals surface area (Å²) in [4.78, 5) is 21.4. The lowest BCUT2D eigenvalue weighted by Crippen LogP contribution is -2.10. The zero-order chi connectivity index (χ0) is 20.5. The highest BCUT2D eigenvalue weighted by Gasteiger charge is 2.20. The van der Waals surface area contributed by atoms with Gasteiger partial charge < -0.3 is 9.15 Å². The Morgan fingerprint density at radius 1 is 1.00 bits per heavy atom. The van der Waals surface area contributed by atoms with Gasteiger partial charge in [0.25, 0.3) is 5.89 Å². The van der Waals surface area contributed by atoms with Crippen molar-refractivity contribution in [3.63, 3.8) is 0 Å². The molecule has 1 atom stereocenters. The number of aryl methyl sites for hydroxylation is 2. The standard InChI is InChI=1S/C21H17FN4O3/c1-11-12(2)24-18-10-15(6-9-17(18)23-11)21(27)28-13(3)19-25-26-20(29-19)14-4-7-16(22)8-5-14/h4-10,13H,1-3H3/t13-/m0/s1. The van der Waals surface area contributed by atoms with Gasteiger partial charge in [0.1, 0.15) is 5.82 Å². The van der Waals surface area contributed by atoms with Crippen LogP contribution in [0.2, 0.25) is 0 Å². The van der Waals surface area contributed by atoms with Gasteiger partial charge in [0.15, 0.2) is 6.10 Å². The smallest absolute Gasteiger partial charge is 0.338 e. The summed E-state index contributed by atoms with van der Waals surface area (Å²) < 4.78 is 24.1. The summed E-state index contributed by atoms with van der Waals surface area (Å²) in [5.74, 6) is -0.540. The molecule has 2 heterocycles. The van der Waals surface area contributed by atoms with Gasteiger partial charge in [-0.15, -0.1) is 10.2 Å². The number of ether oxygens (including phenoxy) is 1. The Morgan fingerprint density at radius 3 is 2.41 bits per heavy atom. The van der Waals surface area contributed by atoms with Crippen LogP contribution < -0.4 is 0 Å². The monoisotopic (exact) mass is 392 g/mol. The molecule has 0 aliphatic carbocycles. The minimum atomic E-state index is -0.759. The average Bonchev–Trinajstić information content (AvgIpc) is 3.19. The molecule has 0 aliphatic rings. The maximum Gasteiger partial charge on any atom is 0.338 e. The fraction of sp³-hybridized carbons (Fsp3) is 0.190. The average molecular weight is 392 g/mol. The van der Waals surface area contributed by atoms with Crippen LogP contribution in [0, 0.1) is 19.7 Å². The molecular weight excluding hydrogens is 375 g/mol. The number of hydrogen-bond donors (Lipinski definition) is 0. The molecule has 0 spiro atoms. The zero-order valence-corrected chi connectivity index (χ0v) is 16.0. The van der Waals surface area contributed by atoms with Gasteiger partial charge in [-0.2, -0.15) is 0 Å². The van der Waals surface area contributed by atoms with Crippen molar-refractivity contribution in [2.24, 2.45) is 0 Å². The normalized spacial score (nSPS) is 12.1. The van der Waals surface area contributed by atoms with E-state index in [0.29, 0.717) is 22.2 Å². The Labute approximate surface area is 165 Å². The third kappa shape index (κ3) is 3.82. The number of fused-ring (bicyclic) bond motifs is 1. The fourth-order valence-electron chi connectivity index (χ4n) is 2.74. The van der Waals surface area contributed by atoms with E-state index in [-0.39, 0.29) is 17.6 Å². The summed E-state index contributed by atoms with van der Waals surface area (Å²) in [6.07, 6.45) is -0.759. The van der Waals surface area contributed by atoms with E-state index in [4.69, 9.17) is 9.15 Å². The highest BCUT2D eigenvalue weighted by molar-refractivity contribution is 5.93. The van der Waals surface area contributed by atoms with Gasteiger partial charge in [0.05, 0.1) is 28.0 Å². The molecule has 0 N–H and O–H groups in total. The second-order valence-electron chi connectivity index (χ2n) is 6.60. The highest BCUT2D eigenvalue weighted by atomic mass is 19.1. The quantitative estimate of drug-likeness (QED) is 0.477. The van der Waals surface area contributed by atoms with Crippen LogP contribution >= 0.6 is 0 Å². The maximum atomic E-state index is 13.0. The SMILES string of the molecule is Cc1nc2ccc(C(=O)O[C@@H](C)c3nnc(-c4ccc(F)cc4)o3)cc2nc1C. The summed E-state index contributed by atoms with van der Waals surface area (Å²) in [5, 5.41) is 7.85. The van der Waals surface area contributed by atoms with E-state index in [0.717, 1.165) is 11.4 Å². The van der Waals surface area contributed by atoms with Crippen LogP contribution in [0.4, 0.5) is 4.39 Å². The molecule has 146 valence electrons. The third-order valence-corrected chi connectivity index (χ3v) is 4.47. The van der Waals surface area contributed by atoms with Crippen molar-refractivity contribution in [2.45, 2.75) is 26.9 Å². The van der Waals surface area contributed by atoms with Gasteiger partial charge in [-0.05, 0) is 63.2 Å². The Morgan fingerprint density at radius 2 is 1.69 bits per heavy atom. The molecule has 8 heteroatoms. The van der Waals surface area contributed by atoms with Gasteiger partial charge in [-0.25, -0.2) is 19.2 Å². The molecule has 0 unspecified atom stereocenters. The van der Waals surface area contributed by atoms with E-state index in [1.165, 1.54) is 24.3 Å². The number of aromatic nitrogens is 4. The number of esters is 1. The van der Waals surface area contributed by atoms with E-state index in [2.05, 4.69) is 20.2 Å². The van der Waals surface area contributed by atoms with Crippen LogP contribution in [0.15, 0.2) is 46.9 Å². The second-order valence-corrected chi connectivity index (χ2v) is 6.60. The first-order chi connectivity index (χ1) is 13.9. The van der Waals surface area contributed by atoms with Crippen molar-refractivity contribution in [1.29, 1.82) is 0 Å². The van der Waals surface area contributed by atoms with Crippen molar-refractivity contribution in [3.05, 3.63) is 71.1 Å². The first-order valence-electron chi connectivity index (χ1n) is 8.96. The Hall–Kier alpha value is -3.68. The Bertz CT molecular complexity index is 1200. The third-order valence-electron chi connectivity index (χ3n) is 4.47. The van der Waals surface area contributed by atoms with Crippen LogP contribution in [0.3, 0.4) is 0 Å². The molecule has 29 heavy (non-hydrogen) atoms. The molecule has 7 nitrogen and oxygen atoms in total. The molecule has 0 amide bonds. The van der Waals surface area contributed by atoms with Crippen molar-refractivity contribution >= 4 is 17.0 Å². The van der Waals surface area contributed by atoms with E-state index < -0.39 is 12.1 Å². The number of benzene rings is 2. The van der Waals surface area contributed by atoms with Gasteiger partial charge in [-0.1, -0.05) is 0 Å². The van der Waals surface area contributed by atoms with Crippen molar-refractivity contribution in [1.82, 2.24) is 20.2 Å². The van der Waals surface area contributed by atoms with Gasteiger partial charge in [0, 0.05) is 5.56 Å². The van der Waals surface area contributed by atoms with Crippen molar-refractivity contribution < 1.29 is 18.3 Å². The minimum Gasteiger partial charge on any atom is -0.449 e. The molecule has 0 bridgehead atoms. The second kappa shape index (κ2) is 7.38.